The van der Waals surface area contributed by atoms with Crippen molar-refractivity contribution >= 4 is 28.2 Å². The van der Waals surface area contributed by atoms with Crippen molar-refractivity contribution in [2.45, 2.75) is 6.61 Å². The summed E-state index contributed by atoms with van der Waals surface area (Å²) in [5.74, 6) is -0.192. The van der Waals surface area contributed by atoms with Crippen LogP contribution in [0.15, 0.2) is 48.7 Å². The molecule has 5 nitrogen and oxygen atoms in total. The number of H-pyrrole nitrogens is 1. The average molecular weight is 281 g/mol. The molecule has 0 unspecified atom stereocenters. The zero-order chi connectivity index (χ0) is 14.8. The van der Waals surface area contributed by atoms with E-state index in [9.17, 15) is 4.79 Å². The van der Waals surface area contributed by atoms with Crippen LogP contribution in [0.3, 0.4) is 0 Å². The molecule has 106 valence electrons. The van der Waals surface area contributed by atoms with Crippen molar-refractivity contribution in [2.75, 3.05) is 11.1 Å². The third-order valence-electron chi connectivity index (χ3n) is 3.34. The first-order chi connectivity index (χ1) is 10.2. The highest BCUT2D eigenvalue weighted by molar-refractivity contribution is 6.13. The number of hydrogen-bond acceptors (Lipinski definition) is 3. The van der Waals surface area contributed by atoms with Gasteiger partial charge in [-0.2, -0.15) is 0 Å². The van der Waals surface area contributed by atoms with Gasteiger partial charge < -0.3 is 21.1 Å². The summed E-state index contributed by atoms with van der Waals surface area (Å²) in [4.78, 5) is 15.4. The molecule has 5 N–H and O–H groups in total. The zero-order valence-corrected chi connectivity index (χ0v) is 11.3. The molecule has 1 amide bonds. The van der Waals surface area contributed by atoms with Gasteiger partial charge in [-0.1, -0.05) is 12.1 Å². The molecule has 3 rings (SSSR count). The molecular formula is C16H15N3O2. The molecule has 21 heavy (non-hydrogen) atoms. The Balaban J connectivity index is 1.86. The lowest BCUT2D eigenvalue weighted by atomic mass is 10.1. The first-order valence-electron chi connectivity index (χ1n) is 6.55. The summed E-state index contributed by atoms with van der Waals surface area (Å²) in [5, 5.41) is 12.7. The predicted molar refractivity (Wildman–Crippen MR) is 83.0 cm³/mol. The molecule has 5 heteroatoms. The second-order valence-electron chi connectivity index (χ2n) is 4.82. The minimum absolute atomic E-state index is 0.0158. The van der Waals surface area contributed by atoms with Crippen molar-refractivity contribution in [1.29, 1.82) is 0 Å². The number of carbonyl (C=O) groups is 1. The Morgan fingerprint density at radius 2 is 1.95 bits per heavy atom. The van der Waals surface area contributed by atoms with Crippen molar-refractivity contribution in [3.8, 4) is 0 Å². The number of aliphatic hydroxyl groups excluding tert-OH is 1. The largest absolute Gasteiger partial charge is 0.399 e. The van der Waals surface area contributed by atoms with E-state index < -0.39 is 0 Å². The number of hydrogen-bond donors (Lipinski definition) is 4. The molecule has 0 aliphatic heterocycles. The van der Waals surface area contributed by atoms with Crippen LogP contribution in [-0.4, -0.2) is 16.0 Å². The highest BCUT2D eigenvalue weighted by atomic mass is 16.3. The second-order valence-corrected chi connectivity index (χ2v) is 4.82. The number of nitrogen functional groups attached to an aromatic ring is 1. The van der Waals surface area contributed by atoms with Crippen molar-refractivity contribution in [3.05, 3.63) is 59.8 Å². The Labute approximate surface area is 121 Å². The molecule has 0 radical (unpaired) electrons. The van der Waals surface area contributed by atoms with Crippen LogP contribution in [0.1, 0.15) is 15.9 Å². The van der Waals surface area contributed by atoms with Crippen LogP contribution in [0.5, 0.6) is 0 Å². The molecule has 1 aromatic heterocycles. The Hall–Kier alpha value is -2.79. The lowest BCUT2D eigenvalue weighted by Gasteiger charge is -2.05. The van der Waals surface area contributed by atoms with Crippen LogP contribution in [0.4, 0.5) is 11.4 Å². The number of fused-ring (bicyclic) bond motifs is 1. The SMILES string of the molecule is Nc1ccc2c(C(=O)Nc3ccc(CO)cc3)c[nH]c2c1. The minimum Gasteiger partial charge on any atom is -0.399 e. The smallest absolute Gasteiger partial charge is 0.257 e. The van der Waals surface area contributed by atoms with Gasteiger partial charge in [0.1, 0.15) is 0 Å². The van der Waals surface area contributed by atoms with Gasteiger partial charge in [0, 0.05) is 28.5 Å². The Bertz CT molecular complexity index is 791. The van der Waals surface area contributed by atoms with E-state index in [-0.39, 0.29) is 12.5 Å². The van der Waals surface area contributed by atoms with Gasteiger partial charge in [-0.05, 0) is 35.9 Å². The lowest BCUT2D eigenvalue weighted by Crippen LogP contribution is -2.11. The van der Waals surface area contributed by atoms with E-state index in [1.54, 1.807) is 42.6 Å². The fourth-order valence-corrected chi connectivity index (χ4v) is 2.22. The number of anilines is 2. The normalized spacial score (nSPS) is 10.7. The van der Waals surface area contributed by atoms with Crippen molar-refractivity contribution in [1.82, 2.24) is 4.98 Å². The lowest BCUT2D eigenvalue weighted by molar-refractivity contribution is 0.102. The third kappa shape index (κ3) is 2.59. The van der Waals surface area contributed by atoms with E-state index in [2.05, 4.69) is 10.3 Å². The predicted octanol–water partition coefficient (Wildman–Crippen LogP) is 2.49. The van der Waals surface area contributed by atoms with Gasteiger partial charge in [0.15, 0.2) is 0 Å². The molecule has 0 saturated heterocycles. The summed E-state index contributed by atoms with van der Waals surface area (Å²) >= 11 is 0. The molecule has 0 fully saturated rings. The maximum atomic E-state index is 12.3. The van der Waals surface area contributed by atoms with Gasteiger partial charge in [-0.15, -0.1) is 0 Å². The number of benzene rings is 2. The summed E-state index contributed by atoms with van der Waals surface area (Å²) in [5.41, 5.74) is 9.25. The number of carbonyl (C=O) groups excluding carboxylic acids is 1. The molecule has 2 aromatic carbocycles. The summed E-state index contributed by atoms with van der Waals surface area (Å²) in [6, 6.07) is 12.4. The van der Waals surface area contributed by atoms with Crippen LogP contribution >= 0.6 is 0 Å². The van der Waals surface area contributed by atoms with Crippen molar-refractivity contribution in [3.63, 3.8) is 0 Å². The van der Waals surface area contributed by atoms with Gasteiger partial charge in [0.25, 0.3) is 5.91 Å². The number of aromatic nitrogens is 1. The van der Waals surface area contributed by atoms with Crippen molar-refractivity contribution in [2.24, 2.45) is 0 Å². The maximum absolute atomic E-state index is 12.3. The Kier molecular flexibility index (Phi) is 3.33. The topological polar surface area (TPSA) is 91.1 Å². The summed E-state index contributed by atoms with van der Waals surface area (Å²) < 4.78 is 0. The number of aliphatic hydroxyl groups is 1. The zero-order valence-electron chi connectivity index (χ0n) is 11.3. The quantitative estimate of drug-likeness (QED) is 0.556. The highest BCUT2D eigenvalue weighted by Crippen LogP contribution is 2.21. The van der Waals surface area contributed by atoms with Crippen molar-refractivity contribution < 1.29 is 9.90 Å². The van der Waals surface area contributed by atoms with Gasteiger partial charge >= 0.3 is 0 Å². The van der Waals surface area contributed by atoms with E-state index in [1.807, 2.05) is 6.07 Å². The first-order valence-corrected chi connectivity index (χ1v) is 6.55. The molecule has 0 atom stereocenters. The van der Waals surface area contributed by atoms with Crippen LogP contribution < -0.4 is 11.1 Å². The standard InChI is InChI=1S/C16H15N3O2/c17-11-3-6-13-14(8-18-15(13)7-11)16(21)19-12-4-1-10(9-20)2-5-12/h1-8,18,20H,9,17H2,(H,19,21). The van der Waals surface area contributed by atoms with E-state index in [0.717, 1.165) is 16.5 Å². The van der Waals surface area contributed by atoms with Gasteiger partial charge in [-0.3, -0.25) is 4.79 Å². The van der Waals surface area contributed by atoms with Gasteiger partial charge in [-0.25, -0.2) is 0 Å². The molecule has 3 aromatic rings. The highest BCUT2D eigenvalue weighted by Gasteiger charge is 2.12. The number of nitrogens with two attached hydrogens (primary N) is 1. The molecule has 0 bridgehead atoms. The maximum Gasteiger partial charge on any atom is 0.257 e. The monoisotopic (exact) mass is 281 g/mol. The molecule has 0 spiro atoms. The van der Waals surface area contributed by atoms with Gasteiger partial charge in [0.05, 0.1) is 12.2 Å². The number of amides is 1. The molecule has 0 saturated carbocycles. The second kappa shape index (κ2) is 5.30. The molecule has 1 heterocycles. The molecule has 0 aliphatic rings. The Morgan fingerprint density at radius 3 is 2.67 bits per heavy atom. The van der Waals surface area contributed by atoms with E-state index >= 15 is 0 Å². The number of rotatable bonds is 3. The van der Waals surface area contributed by atoms with E-state index in [4.69, 9.17) is 10.8 Å². The van der Waals surface area contributed by atoms with Crippen LogP contribution in [-0.2, 0) is 6.61 Å². The fraction of sp³-hybridized carbons (Fsp3) is 0.0625. The van der Waals surface area contributed by atoms with E-state index in [1.165, 1.54) is 0 Å². The number of aromatic amines is 1. The summed E-state index contributed by atoms with van der Waals surface area (Å²) in [7, 11) is 0. The van der Waals surface area contributed by atoms with Crippen LogP contribution in [0.2, 0.25) is 0 Å². The van der Waals surface area contributed by atoms with Gasteiger partial charge in [0.2, 0.25) is 0 Å². The molecular weight excluding hydrogens is 266 g/mol. The fourth-order valence-electron chi connectivity index (χ4n) is 2.22. The van der Waals surface area contributed by atoms with E-state index in [0.29, 0.717) is 16.9 Å². The minimum atomic E-state index is -0.192. The average Bonchev–Trinajstić information content (AvgIpc) is 2.91. The molecule has 0 aliphatic carbocycles. The Morgan fingerprint density at radius 1 is 1.19 bits per heavy atom. The third-order valence-corrected chi connectivity index (χ3v) is 3.34. The summed E-state index contributed by atoms with van der Waals surface area (Å²) in [6.07, 6.45) is 1.67. The summed E-state index contributed by atoms with van der Waals surface area (Å²) in [6.45, 7) is -0.0158. The van der Waals surface area contributed by atoms with Crippen LogP contribution in [0, 0.1) is 0 Å². The van der Waals surface area contributed by atoms with Crippen LogP contribution in [0.25, 0.3) is 10.9 Å². The number of nitrogens with one attached hydrogen (secondary N) is 2. The first kappa shape index (κ1) is 13.2.